The van der Waals surface area contributed by atoms with Crippen LogP contribution >= 0.6 is 0 Å². The summed E-state index contributed by atoms with van der Waals surface area (Å²) in [6, 6.07) is 1.23. The van der Waals surface area contributed by atoms with Gasteiger partial charge in [0.2, 0.25) is 0 Å². The molecule has 0 saturated carbocycles. The van der Waals surface area contributed by atoms with Crippen LogP contribution in [0.4, 0.5) is 0 Å². The fourth-order valence-electron chi connectivity index (χ4n) is 2.37. The van der Waals surface area contributed by atoms with Gasteiger partial charge in [0.05, 0.1) is 6.61 Å². The van der Waals surface area contributed by atoms with Gasteiger partial charge in [0.1, 0.15) is 0 Å². The van der Waals surface area contributed by atoms with Crippen molar-refractivity contribution in [2.24, 2.45) is 0 Å². The summed E-state index contributed by atoms with van der Waals surface area (Å²) in [5, 5.41) is 3.56. The molecule has 1 aliphatic heterocycles. The van der Waals surface area contributed by atoms with Gasteiger partial charge in [0.25, 0.3) is 0 Å². The zero-order valence-corrected chi connectivity index (χ0v) is 11.6. The highest BCUT2D eigenvalue weighted by Gasteiger charge is 2.20. The van der Waals surface area contributed by atoms with E-state index in [1.807, 2.05) is 0 Å². The van der Waals surface area contributed by atoms with E-state index in [1.165, 1.54) is 19.4 Å². The van der Waals surface area contributed by atoms with Crippen LogP contribution in [-0.2, 0) is 9.47 Å². The van der Waals surface area contributed by atoms with Crippen LogP contribution in [0.15, 0.2) is 0 Å². The molecule has 17 heavy (non-hydrogen) atoms. The summed E-state index contributed by atoms with van der Waals surface area (Å²) >= 11 is 0. The molecule has 0 amide bonds. The van der Waals surface area contributed by atoms with Crippen molar-refractivity contribution in [1.82, 2.24) is 10.2 Å². The van der Waals surface area contributed by atoms with Crippen molar-refractivity contribution in [3.63, 3.8) is 0 Å². The summed E-state index contributed by atoms with van der Waals surface area (Å²) in [5.74, 6) is 0. The van der Waals surface area contributed by atoms with Crippen molar-refractivity contribution in [1.29, 1.82) is 0 Å². The average Bonchev–Trinajstić information content (AvgIpc) is 2.84. The second-order valence-electron chi connectivity index (χ2n) is 4.91. The second kappa shape index (κ2) is 8.86. The third kappa shape index (κ3) is 5.82. The van der Waals surface area contributed by atoms with Gasteiger partial charge in [-0.2, -0.15) is 0 Å². The van der Waals surface area contributed by atoms with Gasteiger partial charge in [0.15, 0.2) is 0 Å². The van der Waals surface area contributed by atoms with Crippen LogP contribution in [0.3, 0.4) is 0 Å². The Morgan fingerprint density at radius 3 is 2.65 bits per heavy atom. The Morgan fingerprint density at radius 1 is 1.29 bits per heavy atom. The lowest BCUT2D eigenvalue weighted by Crippen LogP contribution is -2.44. The Morgan fingerprint density at radius 2 is 2.06 bits per heavy atom. The first-order valence-corrected chi connectivity index (χ1v) is 6.73. The average molecular weight is 244 g/mol. The second-order valence-corrected chi connectivity index (χ2v) is 4.91. The minimum Gasteiger partial charge on any atom is -0.385 e. The molecule has 0 spiro atoms. The Kier molecular flexibility index (Phi) is 7.77. The molecule has 0 aromatic carbocycles. The number of nitrogens with zero attached hydrogens (tertiary/aromatic N) is 1. The standard InChI is InChI=1S/C13H28N2O2/c1-12(6-9-16-2)15(8-10-17-3)11-13-5-4-7-14-13/h12-14H,4-11H2,1-3H3. The Hall–Kier alpha value is -0.160. The number of rotatable bonds is 9. The van der Waals surface area contributed by atoms with Crippen molar-refractivity contribution < 1.29 is 9.47 Å². The Bertz CT molecular complexity index is 184. The molecule has 1 N–H and O–H groups in total. The van der Waals surface area contributed by atoms with Crippen LogP contribution in [0.5, 0.6) is 0 Å². The number of methoxy groups -OCH3 is 2. The van der Waals surface area contributed by atoms with E-state index in [4.69, 9.17) is 9.47 Å². The fraction of sp³-hybridized carbons (Fsp3) is 1.00. The minimum atomic E-state index is 0.562. The van der Waals surface area contributed by atoms with Gasteiger partial charge in [-0.05, 0) is 32.7 Å². The zero-order valence-electron chi connectivity index (χ0n) is 11.6. The van der Waals surface area contributed by atoms with E-state index >= 15 is 0 Å². The van der Waals surface area contributed by atoms with Gasteiger partial charge in [-0.15, -0.1) is 0 Å². The molecule has 0 aromatic heterocycles. The number of ether oxygens (including phenoxy) is 2. The largest absolute Gasteiger partial charge is 0.385 e. The maximum Gasteiger partial charge on any atom is 0.0589 e. The predicted octanol–water partition coefficient (Wildman–Crippen LogP) is 1.11. The van der Waals surface area contributed by atoms with Crippen molar-refractivity contribution in [2.75, 3.05) is 47.1 Å². The molecule has 0 aliphatic carbocycles. The lowest BCUT2D eigenvalue weighted by molar-refractivity contribution is 0.0967. The molecule has 0 bridgehead atoms. The summed E-state index contributed by atoms with van der Waals surface area (Å²) in [7, 11) is 3.54. The predicted molar refractivity (Wildman–Crippen MR) is 70.4 cm³/mol. The maximum atomic E-state index is 5.20. The van der Waals surface area contributed by atoms with Gasteiger partial charge in [-0.1, -0.05) is 0 Å². The number of nitrogens with one attached hydrogen (secondary N) is 1. The summed E-state index contributed by atoms with van der Waals surface area (Å²) in [4.78, 5) is 2.52. The SMILES string of the molecule is COCCC(C)N(CCOC)CC1CCCN1. The van der Waals surface area contributed by atoms with Gasteiger partial charge in [-0.3, -0.25) is 4.90 Å². The van der Waals surface area contributed by atoms with E-state index in [1.54, 1.807) is 14.2 Å². The van der Waals surface area contributed by atoms with Gasteiger partial charge in [0, 0.05) is 46.0 Å². The van der Waals surface area contributed by atoms with Crippen LogP contribution in [0, 0.1) is 0 Å². The van der Waals surface area contributed by atoms with E-state index in [-0.39, 0.29) is 0 Å². The van der Waals surface area contributed by atoms with Crippen LogP contribution in [-0.4, -0.2) is 64.1 Å². The molecule has 1 aliphatic rings. The van der Waals surface area contributed by atoms with E-state index in [0.717, 1.165) is 32.7 Å². The van der Waals surface area contributed by atoms with E-state index < -0.39 is 0 Å². The van der Waals surface area contributed by atoms with Crippen molar-refractivity contribution in [3.05, 3.63) is 0 Å². The molecule has 4 heteroatoms. The van der Waals surface area contributed by atoms with Crippen LogP contribution in [0.1, 0.15) is 26.2 Å². The molecule has 1 rings (SSSR count). The molecule has 102 valence electrons. The third-order valence-electron chi connectivity index (χ3n) is 3.56. The zero-order chi connectivity index (χ0) is 12.5. The molecule has 2 atom stereocenters. The minimum absolute atomic E-state index is 0.562. The normalized spacial score (nSPS) is 22.2. The highest BCUT2D eigenvalue weighted by atomic mass is 16.5. The Balaban J connectivity index is 2.34. The van der Waals surface area contributed by atoms with Crippen molar-refractivity contribution >= 4 is 0 Å². The smallest absolute Gasteiger partial charge is 0.0589 e. The first-order valence-electron chi connectivity index (χ1n) is 6.73. The quantitative estimate of drug-likeness (QED) is 0.659. The summed E-state index contributed by atoms with van der Waals surface area (Å²) < 4.78 is 10.4. The van der Waals surface area contributed by atoms with Crippen molar-refractivity contribution in [2.45, 2.75) is 38.3 Å². The molecule has 4 nitrogen and oxygen atoms in total. The topological polar surface area (TPSA) is 33.7 Å². The fourth-order valence-corrected chi connectivity index (χ4v) is 2.37. The molecular formula is C13H28N2O2. The van der Waals surface area contributed by atoms with Gasteiger partial charge >= 0.3 is 0 Å². The van der Waals surface area contributed by atoms with Gasteiger partial charge in [-0.25, -0.2) is 0 Å². The third-order valence-corrected chi connectivity index (χ3v) is 3.56. The summed E-state index contributed by atoms with van der Waals surface area (Å²) in [5.41, 5.74) is 0. The van der Waals surface area contributed by atoms with Gasteiger partial charge < -0.3 is 14.8 Å². The Labute approximate surface area is 106 Å². The maximum absolute atomic E-state index is 5.20. The molecular weight excluding hydrogens is 216 g/mol. The lowest BCUT2D eigenvalue weighted by Gasteiger charge is -2.31. The molecule has 1 fully saturated rings. The molecule has 2 unspecified atom stereocenters. The number of hydrogen-bond donors (Lipinski definition) is 1. The lowest BCUT2D eigenvalue weighted by atomic mass is 10.1. The summed E-state index contributed by atoms with van der Waals surface area (Å²) in [6.45, 7) is 7.25. The molecule has 0 aromatic rings. The monoisotopic (exact) mass is 244 g/mol. The molecule has 1 heterocycles. The highest BCUT2D eigenvalue weighted by Crippen LogP contribution is 2.11. The van der Waals surface area contributed by atoms with Crippen molar-refractivity contribution in [3.8, 4) is 0 Å². The number of hydrogen-bond acceptors (Lipinski definition) is 4. The molecule has 1 saturated heterocycles. The summed E-state index contributed by atoms with van der Waals surface area (Å²) in [6.07, 6.45) is 3.71. The van der Waals surface area contributed by atoms with Crippen LogP contribution in [0.25, 0.3) is 0 Å². The molecule has 0 radical (unpaired) electrons. The van der Waals surface area contributed by atoms with Crippen LogP contribution in [0.2, 0.25) is 0 Å². The first-order chi connectivity index (χ1) is 8.27. The van der Waals surface area contributed by atoms with Crippen LogP contribution < -0.4 is 5.32 Å². The van der Waals surface area contributed by atoms with E-state index in [2.05, 4.69) is 17.1 Å². The van der Waals surface area contributed by atoms with E-state index in [0.29, 0.717) is 12.1 Å². The highest BCUT2D eigenvalue weighted by molar-refractivity contribution is 4.80. The van der Waals surface area contributed by atoms with E-state index in [9.17, 15) is 0 Å². The first kappa shape index (κ1) is 14.9.